The summed E-state index contributed by atoms with van der Waals surface area (Å²) in [6.45, 7) is 0. The SMILES string of the molecule is OC1(c2ccc(Cl)cc2)NC=N[n+]2c1ccc1ccccc12.[O-][Cl+3]([O-])([O-])[O-]. The number of aromatic nitrogens is 1. The van der Waals surface area contributed by atoms with E-state index in [0.717, 1.165) is 10.9 Å². The Kier molecular flexibility index (Phi) is 5.31. The van der Waals surface area contributed by atoms with Crippen molar-refractivity contribution in [3.63, 3.8) is 0 Å². The van der Waals surface area contributed by atoms with Gasteiger partial charge >= 0.3 is 0 Å². The Morgan fingerprint density at radius 1 is 0.963 bits per heavy atom. The minimum atomic E-state index is -4.94. The van der Waals surface area contributed by atoms with Crippen molar-refractivity contribution in [1.82, 2.24) is 5.32 Å². The molecule has 8 nitrogen and oxygen atoms in total. The largest absolute Gasteiger partial charge is 0.359 e. The van der Waals surface area contributed by atoms with Crippen LogP contribution in [0, 0.1) is 10.2 Å². The molecule has 2 N–H and O–H groups in total. The highest BCUT2D eigenvalue weighted by molar-refractivity contribution is 6.30. The molecular weight excluding hydrogens is 397 g/mol. The average molecular weight is 410 g/mol. The van der Waals surface area contributed by atoms with Gasteiger partial charge in [-0.3, -0.25) is 0 Å². The summed E-state index contributed by atoms with van der Waals surface area (Å²) in [6.07, 6.45) is 1.51. The summed E-state index contributed by atoms with van der Waals surface area (Å²) in [5.41, 5.74) is 0.935. The predicted octanol–water partition coefficient (Wildman–Crippen LogP) is -2.39. The number of para-hydroxylation sites is 1. The number of aliphatic hydroxyl groups is 1. The molecule has 2 heterocycles. The van der Waals surface area contributed by atoms with Crippen molar-refractivity contribution in [2.24, 2.45) is 5.10 Å². The zero-order chi connectivity index (χ0) is 19.7. The number of rotatable bonds is 1. The monoisotopic (exact) mass is 409 g/mol. The summed E-state index contributed by atoms with van der Waals surface area (Å²) in [4.78, 5) is 0. The number of fused-ring (bicyclic) bond motifs is 3. The summed E-state index contributed by atoms with van der Waals surface area (Å²) >= 11 is 5.94. The highest BCUT2D eigenvalue weighted by atomic mass is 35.7. The second-order valence-corrected chi connectivity index (χ2v) is 6.77. The first-order valence-corrected chi connectivity index (χ1v) is 9.15. The molecule has 1 atom stereocenters. The fourth-order valence-corrected chi connectivity index (χ4v) is 2.89. The minimum Gasteiger partial charge on any atom is -0.359 e. The zero-order valence-corrected chi connectivity index (χ0v) is 15.1. The Morgan fingerprint density at radius 3 is 2.26 bits per heavy atom. The van der Waals surface area contributed by atoms with Gasteiger partial charge in [-0.15, -0.1) is 10.2 Å². The van der Waals surface area contributed by atoms with Crippen molar-refractivity contribution in [2.75, 3.05) is 0 Å². The van der Waals surface area contributed by atoms with E-state index < -0.39 is 16.0 Å². The molecule has 4 rings (SSSR count). The van der Waals surface area contributed by atoms with Crippen LogP contribution in [0.3, 0.4) is 0 Å². The van der Waals surface area contributed by atoms with Crippen molar-refractivity contribution in [3.05, 3.63) is 76.9 Å². The minimum absolute atomic E-state index is 0.628. The molecule has 0 amide bonds. The molecule has 1 aromatic heterocycles. The lowest BCUT2D eigenvalue weighted by molar-refractivity contribution is -2.00. The van der Waals surface area contributed by atoms with Crippen molar-refractivity contribution in [1.29, 1.82) is 0 Å². The molecule has 1 unspecified atom stereocenters. The van der Waals surface area contributed by atoms with E-state index in [-0.39, 0.29) is 0 Å². The van der Waals surface area contributed by atoms with Gasteiger partial charge in [0.05, 0.1) is 0 Å². The van der Waals surface area contributed by atoms with E-state index in [1.807, 2.05) is 36.4 Å². The molecule has 2 aromatic carbocycles. The number of benzene rings is 2. The lowest BCUT2D eigenvalue weighted by atomic mass is 9.97. The second-order valence-electron chi connectivity index (χ2n) is 5.57. The number of nitrogens with zero attached hydrogens (tertiary/aromatic N) is 2. The van der Waals surface area contributed by atoms with Crippen molar-refractivity contribution < 1.29 is 38.7 Å². The summed E-state index contributed by atoms with van der Waals surface area (Å²) in [5.74, 6) is 0. The van der Waals surface area contributed by atoms with Gasteiger partial charge in [-0.05, 0) is 28.9 Å². The van der Waals surface area contributed by atoms with E-state index in [4.69, 9.17) is 30.2 Å². The van der Waals surface area contributed by atoms with Crippen molar-refractivity contribution >= 4 is 28.8 Å². The molecule has 27 heavy (non-hydrogen) atoms. The molecule has 3 aromatic rings. The van der Waals surface area contributed by atoms with E-state index in [0.29, 0.717) is 16.3 Å². The van der Waals surface area contributed by atoms with Gasteiger partial charge < -0.3 is 10.4 Å². The number of nitrogens with one attached hydrogen (secondary N) is 1. The van der Waals surface area contributed by atoms with Crippen LogP contribution in [-0.4, -0.2) is 11.4 Å². The van der Waals surface area contributed by atoms with E-state index in [1.165, 1.54) is 6.34 Å². The lowest BCUT2D eigenvalue weighted by Crippen LogP contribution is -2.68. The number of halogens is 2. The van der Waals surface area contributed by atoms with Gasteiger partial charge in [0.1, 0.15) is 0 Å². The normalized spacial score (nSPS) is 18.3. The van der Waals surface area contributed by atoms with Crippen LogP contribution in [-0.2, 0) is 5.72 Å². The molecule has 0 radical (unpaired) electrons. The maximum absolute atomic E-state index is 11.2. The van der Waals surface area contributed by atoms with Crippen LogP contribution >= 0.6 is 11.6 Å². The third-order valence-corrected chi connectivity index (χ3v) is 4.15. The maximum atomic E-state index is 11.2. The Labute approximate surface area is 160 Å². The summed E-state index contributed by atoms with van der Waals surface area (Å²) < 4.78 is 35.7. The van der Waals surface area contributed by atoms with Gasteiger partial charge in [0.2, 0.25) is 5.52 Å². The molecule has 0 saturated carbocycles. The molecule has 0 fully saturated rings. The Morgan fingerprint density at radius 2 is 1.59 bits per heavy atom. The Balaban J connectivity index is 0.000000376. The topological polar surface area (TPSA) is 141 Å². The summed E-state index contributed by atoms with van der Waals surface area (Å²) in [6, 6.07) is 18.9. The summed E-state index contributed by atoms with van der Waals surface area (Å²) in [7, 11) is -4.94. The fraction of sp³-hybridized carbons (Fsp3) is 0.0588. The molecule has 0 aliphatic carbocycles. The van der Waals surface area contributed by atoms with E-state index in [9.17, 15) is 5.11 Å². The van der Waals surface area contributed by atoms with E-state index in [1.54, 1.807) is 28.9 Å². The second kappa shape index (κ2) is 7.37. The molecule has 140 valence electrons. The van der Waals surface area contributed by atoms with Crippen LogP contribution in [0.1, 0.15) is 11.3 Å². The molecule has 0 spiro atoms. The molecule has 0 saturated heterocycles. The van der Waals surface area contributed by atoms with Gasteiger partial charge in [0.15, 0.2) is 6.34 Å². The first-order chi connectivity index (χ1) is 12.7. The standard InChI is InChI=1S/C17H13ClN3O.ClHO4/c18-14-8-6-13(7-9-14)17(22)16-10-5-12-3-1-2-4-15(12)21(16)20-11-19-17;2-1(3,4)5/h1-11,22H,(H,19,20);(H,2,3,4,5)/q+1;/p-1. The lowest BCUT2D eigenvalue weighted by Gasteiger charge is -2.27. The number of hydrogen-bond donors (Lipinski definition) is 2. The van der Waals surface area contributed by atoms with Crippen LogP contribution in [0.5, 0.6) is 0 Å². The first-order valence-electron chi connectivity index (χ1n) is 7.53. The van der Waals surface area contributed by atoms with Crippen LogP contribution in [0.2, 0.25) is 5.02 Å². The van der Waals surface area contributed by atoms with Crippen LogP contribution in [0.15, 0.2) is 65.8 Å². The third-order valence-electron chi connectivity index (χ3n) is 3.89. The van der Waals surface area contributed by atoms with Gasteiger partial charge in [0, 0.05) is 33.2 Å². The Hall–Kier alpha value is -2.30. The number of hydrogen-bond acceptors (Lipinski definition) is 7. The predicted molar refractivity (Wildman–Crippen MR) is 85.6 cm³/mol. The molecule has 10 heteroatoms. The highest BCUT2D eigenvalue weighted by Crippen LogP contribution is 2.28. The smallest absolute Gasteiger partial charge is 0.272 e. The van der Waals surface area contributed by atoms with E-state index >= 15 is 0 Å². The van der Waals surface area contributed by atoms with Gasteiger partial charge in [-0.25, -0.2) is 18.6 Å². The Bertz CT molecular complexity index is 986. The van der Waals surface area contributed by atoms with Crippen LogP contribution in [0.4, 0.5) is 0 Å². The van der Waals surface area contributed by atoms with Gasteiger partial charge in [-0.1, -0.05) is 35.9 Å². The van der Waals surface area contributed by atoms with E-state index in [2.05, 4.69) is 10.4 Å². The van der Waals surface area contributed by atoms with Gasteiger partial charge in [-0.2, -0.15) is 0 Å². The molecule has 0 bridgehead atoms. The summed E-state index contributed by atoms with van der Waals surface area (Å²) in [5, 5.41) is 20.2. The average Bonchev–Trinajstić information content (AvgIpc) is 2.61. The number of pyridine rings is 1. The molecule has 1 aliphatic heterocycles. The van der Waals surface area contributed by atoms with Crippen molar-refractivity contribution in [2.45, 2.75) is 5.72 Å². The maximum Gasteiger partial charge on any atom is 0.272 e. The van der Waals surface area contributed by atoms with Crippen molar-refractivity contribution in [3.8, 4) is 0 Å². The highest BCUT2D eigenvalue weighted by Gasteiger charge is 2.42. The first kappa shape index (κ1) is 19.5. The molecular formula is C17H13Cl2N3O5. The third kappa shape index (κ3) is 4.34. The molecule has 1 aliphatic rings. The van der Waals surface area contributed by atoms with Crippen LogP contribution < -0.4 is 28.6 Å². The quantitative estimate of drug-likeness (QED) is 0.429. The van der Waals surface area contributed by atoms with Crippen LogP contribution in [0.25, 0.3) is 10.9 Å². The fourth-order valence-electron chi connectivity index (χ4n) is 2.76. The van der Waals surface area contributed by atoms with Gasteiger partial charge in [0.25, 0.3) is 11.4 Å². The zero-order valence-electron chi connectivity index (χ0n) is 13.6.